The van der Waals surface area contributed by atoms with Gasteiger partial charge in [0.25, 0.3) is 5.91 Å². The fraction of sp³-hybridized carbons (Fsp3) is 0.400. The molecule has 24 heavy (non-hydrogen) atoms. The molecule has 1 aromatic carbocycles. The summed E-state index contributed by atoms with van der Waals surface area (Å²) in [5.41, 5.74) is 1.95. The summed E-state index contributed by atoms with van der Waals surface area (Å²) in [6.07, 6.45) is 4.76. The van der Waals surface area contributed by atoms with Gasteiger partial charge in [-0.1, -0.05) is 37.3 Å². The van der Waals surface area contributed by atoms with Gasteiger partial charge < -0.3 is 9.64 Å². The van der Waals surface area contributed by atoms with Crippen molar-refractivity contribution >= 4 is 5.91 Å². The van der Waals surface area contributed by atoms with Gasteiger partial charge in [-0.05, 0) is 30.9 Å². The van der Waals surface area contributed by atoms with Crippen molar-refractivity contribution in [2.24, 2.45) is 0 Å². The fourth-order valence-corrected chi connectivity index (χ4v) is 3.69. The first-order chi connectivity index (χ1) is 11.7. The Bertz CT molecular complexity index is 670. The minimum atomic E-state index is 0.0713. The Morgan fingerprint density at radius 1 is 1.29 bits per heavy atom. The van der Waals surface area contributed by atoms with Crippen molar-refractivity contribution in [3.63, 3.8) is 0 Å². The number of amides is 1. The summed E-state index contributed by atoms with van der Waals surface area (Å²) in [6.45, 7) is 3.02. The lowest BCUT2D eigenvalue weighted by Gasteiger charge is -2.31. The highest BCUT2D eigenvalue weighted by molar-refractivity contribution is 5.94. The van der Waals surface area contributed by atoms with Gasteiger partial charge in [0.2, 0.25) is 5.88 Å². The second-order valence-electron chi connectivity index (χ2n) is 6.22. The molecule has 4 nitrogen and oxygen atoms in total. The average molecular weight is 324 g/mol. The highest BCUT2D eigenvalue weighted by Gasteiger charge is 2.35. The van der Waals surface area contributed by atoms with Crippen LogP contribution in [0.15, 0.2) is 48.7 Å². The van der Waals surface area contributed by atoms with E-state index in [4.69, 9.17) is 4.74 Å². The third kappa shape index (κ3) is 3.28. The van der Waals surface area contributed by atoms with Gasteiger partial charge in [0.05, 0.1) is 12.7 Å². The predicted octanol–water partition coefficient (Wildman–Crippen LogP) is 3.89. The molecule has 1 aliphatic rings. The molecule has 1 amide bonds. The van der Waals surface area contributed by atoms with Crippen LogP contribution in [0.2, 0.25) is 0 Å². The summed E-state index contributed by atoms with van der Waals surface area (Å²) in [5.74, 6) is 0.978. The third-order valence-corrected chi connectivity index (χ3v) is 4.88. The number of pyridine rings is 1. The van der Waals surface area contributed by atoms with Crippen LogP contribution in [-0.4, -0.2) is 35.5 Å². The molecule has 0 radical (unpaired) electrons. The molecule has 2 atom stereocenters. The van der Waals surface area contributed by atoms with E-state index in [9.17, 15) is 4.79 Å². The Morgan fingerprint density at radius 3 is 2.71 bits per heavy atom. The Kier molecular flexibility index (Phi) is 5.14. The van der Waals surface area contributed by atoms with E-state index in [2.05, 4.69) is 36.2 Å². The van der Waals surface area contributed by atoms with Crippen LogP contribution in [0.3, 0.4) is 0 Å². The van der Waals surface area contributed by atoms with E-state index in [1.165, 1.54) is 5.56 Å². The summed E-state index contributed by atoms with van der Waals surface area (Å²) >= 11 is 0. The van der Waals surface area contributed by atoms with Crippen LogP contribution in [0.1, 0.15) is 48.0 Å². The maximum Gasteiger partial charge on any atom is 0.255 e. The van der Waals surface area contributed by atoms with Crippen LogP contribution in [0.25, 0.3) is 0 Å². The lowest BCUT2D eigenvalue weighted by molar-refractivity contribution is 0.0714. The molecule has 126 valence electrons. The maximum atomic E-state index is 13.0. The maximum absolute atomic E-state index is 13.0. The van der Waals surface area contributed by atoms with Crippen LogP contribution in [-0.2, 0) is 0 Å². The monoisotopic (exact) mass is 324 g/mol. The number of rotatable bonds is 5. The van der Waals surface area contributed by atoms with E-state index < -0.39 is 0 Å². The third-order valence-electron chi connectivity index (χ3n) is 4.88. The minimum Gasteiger partial charge on any atom is -0.481 e. The van der Waals surface area contributed by atoms with Crippen molar-refractivity contribution in [1.82, 2.24) is 9.88 Å². The van der Waals surface area contributed by atoms with Crippen molar-refractivity contribution in [3.8, 4) is 5.88 Å². The topological polar surface area (TPSA) is 42.4 Å². The second kappa shape index (κ2) is 7.47. The van der Waals surface area contributed by atoms with E-state index in [0.29, 0.717) is 17.4 Å². The first-order valence-corrected chi connectivity index (χ1v) is 8.60. The molecule has 0 aliphatic carbocycles. The molecule has 0 saturated carbocycles. The number of hydrogen-bond acceptors (Lipinski definition) is 3. The highest BCUT2D eigenvalue weighted by Crippen LogP contribution is 2.34. The van der Waals surface area contributed by atoms with E-state index >= 15 is 0 Å². The van der Waals surface area contributed by atoms with E-state index in [1.807, 2.05) is 11.0 Å². The number of benzene rings is 1. The van der Waals surface area contributed by atoms with Gasteiger partial charge in [0.15, 0.2) is 0 Å². The Morgan fingerprint density at radius 2 is 2.08 bits per heavy atom. The summed E-state index contributed by atoms with van der Waals surface area (Å²) < 4.78 is 5.07. The summed E-state index contributed by atoms with van der Waals surface area (Å²) in [7, 11) is 1.58. The van der Waals surface area contributed by atoms with Crippen LogP contribution in [0.4, 0.5) is 0 Å². The van der Waals surface area contributed by atoms with E-state index in [1.54, 1.807) is 25.4 Å². The number of methoxy groups -OCH3 is 1. The van der Waals surface area contributed by atoms with Crippen molar-refractivity contribution in [2.75, 3.05) is 13.7 Å². The molecule has 0 unspecified atom stereocenters. The van der Waals surface area contributed by atoms with Crippen molar-refractivity contribution in [3.05, 3.63) is 59.8 Å². The van der Waals surface area contributed by atoms with Crippen LogP contribution < -0.4 is 4.74 Å². The molecule has 0 N–H and O–H groups in total. The molecular weight excluding hydrogens is 300 g/mol. The van der Waals surface area contributed by atoms with E-state index in [0.717, 1.165) is 25.8 Å². The predicted molar refractivity (Wildman–Crippen MR) is 94.3 cm³/mol. The normalized spacial score (nSPS) is 18.4. The van der Waals surface area contributed by atoms with Gasteiger partial charge in [-0.15, -0.1) is 0 Å². The molecule has 2 aromatic rings. The summed E-state index contributed by atoms with van der Waals surface area (Å²) in [6, 6.07) is 14.3. The zero-order chi connectivity index (χ0) is 16.9. The number of ether oxygens (including phenoxy) is 1. The van der Waals surface area contributed by atoms with E-state index in [-0.39, 0.29) is 11.9 Å². The lowest BCUT2D eigenvalue weighted by atomic mass is 9.87. The molecule has 1 fully saturated rings. The standard InChI is InChI=1S/C20H24N2O2/c1-3-17(15-8-5-4-6-9-15)18-10-7-13-22(18)20(23)16-11-12-19(24-2)21-14-16/h4-6,8-9,11-12,14,17-18H,3,7,10,13H2,1-2H3/t17-,18+/m0/s1. The quantitative estimate of drug-likeness (QED) is 0.838. The zero-order valence-electron chi connectivity index (χ0n) is 14.3. The van der Waals surface area contributed by atoms with Crippen molar-refractivity contribution in [2.45, 2.75) is 38.1 Å². The fourth-order valence-electron chi connectivity index (χ4n) is 3.69. The molecule has 0 bridgehead atoms. The number of hydrogen-bond donors (Lipinski definition) is 0. The zero-order valence-corrected chi connectivity index (χ0v) is 14.3. The number of carbonyl (C=O) groups is 1. The molecule has 1 aromatic heterocycles. The molecule has 0 spiro atoms. The van der Waals surface area contributed by atoms with Gasteiger partial charge in [-0.2, -0.15) is 0 Å². The van der Waals surface area contributed by atoms with Gasteiger partial charge in [-0.25, -0.2) is 4.98 Å². The molecule has 4 heteroatoms. The van der Waals surface area contributed by atoms with Crippen LogP contribution >= 0.6 is 0 Å². The largest absolute Gasteiger partial charge is 0.481 e. The first-order valence-electron chi connectivity index (χ1n) is 8.60. The summed E-state index contributed by atoms with van der Waals surface area (Å²) in [4.78, 5) is 19.2. The van der Waals surface area contributed by atoms with Gasteiger partial charge in [0.1, 0.15) is 0 Å². The molecule has 3 rings (SSSR count). The molecule has 1 aliphatic heterocycles. The number of aromatic nitrogens is 1. The summed E-state index contributed by atoms with van der Waals surface area (Å²) in [5, 5.41) is 0. The number of nitrogens with zero attached hydrogens (tertiary/aromatic N) is 2. The number of likely N-dealkylation sites (tertiary alicyclic amines) is 1. The lowest BCUT2D eigenvalue weighted by Crippen LogP contribution is -2.39. The Hall–Kier alpha value is -2.36. The van der Waals surface area contributed by atoms with Gasteiger partial charge in [0, 0.05) is 30.8 Å². The van der Waals surface area contributed by atoms with Crippen molar-refractivity contribution in [1.29, 1.82) is 0 Å². The van der Waals surface area contributed by atoms with Crippen LogP contribution in [0, 0.1) is 0 Å². The first kappa shape index (κ1) is 16.5. The SMILES string of the molecule is CC[C@@H](c1ccccc1)[C@H]1CCCN1C(=O)c1ccc(OC)nc1. The molecule has 2 heterocycles. The Balaban J connectivity index is 1.82. The molecule has 1 saturated heterocycles. The Labute approximate surface area is 143 Å². The minimum absolute atomic E-state index is 0.0713. The second-order valence-corrected chi connectivity index (χ2v) is 6.22. The van der Waals surface area contributed by atoms with Gasteiger partial charge >= 0.3 is 0 Å². The molecular formula is C20H24N2O2. The van der Waals surface area contributed by atoms with Crippen LogP contribution in [0.5, 0.6) is 5.88 Å². The average Bonchev–Trinajstić information content (AvgIpc) is 3.12. The number of carbonyl (C=O) groups excluding carboxylic acids is 1. The van der Waals surface area contributed by atoms with Gasteiger partial charge in [-0.3, -0.25) is 4.79 Å². The highest BCUT2D eigenvalue weighted by atomic mass is 16.5. The van der Waals surface area contributed by atoms with Crippen molar-refractivity contribution < 1.29 is 9.53 Å². The smallest absolute Gasteiger partial charge is 0.255 e.